The molecule has 0 saturated heterocycles. The molecule has 0 aliphatic rings. The molecule has 0 fully saturated rings. The maximum Gasteiger partial charge on any atom is 0.345 e. The Morgan fingerprint density at radius 3 is 1.22 bits per heavy atom. The summed E-state index contributed by atoms with van der Waals surface area (Å²) < 4.78 is 36.6. The second-order valence-electron chi connectivity index (χ2n) is 7.47. The summed E-state index contributed by atoms with van der Waals surface area (Å²) in [6.45, 7) is 0. The van der Waals surface area contributed by atoms with Crippen molar-refractivity contribution in [3.63, 3.8) is 0 Å². The minimum absolute atomic E-state index is 0.0329. The van der Waals surface area contributed by atoms with Gasteiger partial charge in [-0.1, -0.05) is 46.4 Å². The highest BCUT2D eigenvalue weighted by Gasteiger charge is 2.20. The van der Waals surface area contributed by atoms with Gasteiger partial charge in [-0.05, 0) is 84.9 Å². The molecule has 11 heteroatoms. The highest BCUT2D eigenvalue weighted by molar-refractivity contribution is 7.91. The van der Waals surface area contributed by atoms with Crippen molar-refractivity contribution < 1.29 is 27.5 Å². The Kier molecular flexibility index (Phi) is 8.11. The summed E-state index contributed by atoms with van der Waals surface area (Å²) in [5.74, 6) is -1.19. The van der Waals surface area contributed by atoms with E-state index >= 15 is 0 Å². The fourth-order valence-electron chi connectivity index (χ4n) is 3.14. The van der Waals surface area contributed by atoms with Gasteiger partial charge in [-0.25, -0.2) is 18.0 Å². The predicted molar refractivity (Wildman–Crippen MR) is 141 cm³/mol. The lowest BCUT2D eigenvalue weighted by Crippen LogP contribution is -2.10. The lowest BCUT2D eigenvalue weighted by atomic mass is 10.2. The monoisotopic (exact) mass is 594 g/mol. The molecule has 6 nitrogen and oxygen atoms in total. The Labute approximate surface area is 232 Å². The van der Waals surface area contributed by atoms with Crippen LogP contribution in [-0.2, 0) is 9.84 Å². The first-order valence-corrected chi connectivity index (χ1v) is 13.3. The van der Waals surface area contributed by atoms with Crippen molar-refractivity contribution in [1.82, 2.24) is 0 Å². The van der Waals surface area contributed by atoms with E-state index in [9.17, 15) is 18.0 Å². The number of rotatable bonds is 6. The number of sulfone groups is 1. The van der Waals surface area contributed by atoms with E-state index in [1.165, 1.54) is 84.9 Å². The van der Waals surface area contributed by atoms with Gasteiger partial charge in [0.25, 0.3) is 0 Å². The molecule has 0 atom stereocenters. The third-order valence-corrected chi connectivity index (χ3v) is 7.87. The second kappa shape index (κ2) is 11.1. The lowest BCUT2D eigenvalue weighted by molar-refractivity contribution is 0.0725. The highest BCUT2D eigenvalue weighted by Crippen LogP contribution is 2.28. The molecule has 0 amide bonds. The van der Waals surface area contributed by atoms with Crippen LogP contribution in [-0.4, -0.2) is 20.4 Å². The SMILES string of the molecule is O=C(Oc1ccc(S(=O)(=O)c2ccc(OC(=O)c3ccc(Cl)cc3Cl)cc2)cc1)c1ccc(Cl)cc1Cl. The Bertz CT molecular complexity index is 1490. The van der Waals surface area contributed by atoms with Crippen molar-refractivity contribution in [2.24, 2.45) is 0 Å². The van der Waals surface area contributed by atoms with Gasteiger partial charge in [0.1, 0.15) is 11.5 Å². The van der Waals surface area contributed by atoms with Crippen LogP contribution in [0.3, 0.4) is 0 Å². The number of halogens is 4. The first kappa shape index (κ1) is 27.0. The number of hydrogen-bond acceptors (Lipinski definition) is 6. The molecule has 4 aromatic carbocycles. The molecule has 0 aromatic heterocycles. The molecule has 188 valence electrons. The van der Waals surface area contributed by atoms with E-state index in [2.05, 4.69) is 0 Å². The number of hydrogen-bond donors (Lipinski definition) is 0. The number of carbonyl (C=O) groups is 2. The molecule has 0 bridgehead atoms. The molecule has 0 unspecified atom stereocenters. The van der Waals surface area contributed by atoms with Crippen molar-refractivity contribution in [3.8, 4) is 11.5 Å². The van der Waals surface area contributed by atoms with Gasteiger partial charge in [0.2, 0.25) is 9.84 Å². The van der Waals surface area contributed by atoms with Gasteiger partial charge in [-0.2, -0.15) is 0 Å². The third kappa shape index (κ3) is 6.26. The molecule has 0 radical (unpaired) electrons. The summed E-state index contributed by atoms with van der Waals surface area (Å²) in [4.78, 5) is 24.7. The molecular weight excluding hydrogens is 582 g/mol. The zero-order chi connectivity index (χ0) is 26.7. The van der Waals surface area contributed by atoms with Crippen molar-refractivity contribution in [2.45, 2.75) is 9.79 Å². The first-order valence-electron chi connectivity index (χ1n) is 10.3. The molecule has 0 heterocycles. The van der Waals surface area contributed by atoms with E-state index in [0.29, 0.717) is 10.0 Å². The van der Waals surface area contributed by atoms with Crippen LogP contribution in [0.4, 0.5) is 0 Å². The van der Waals surface area contributed by atoms with E-state index in [1.54, 1.807) is 0 Å². The van der Waals surface area contributed by atoms with Crippen LogP contribution in [0.25, 0.3) is 0 Å². The van der Waals surface area contributed by atoms with Gasteiger partial charge in [0.05, 0.1) is 31.0 Å². The minimum atomic E-state index is -3.91. The molecule has 4 rings (SSSR count). The maximum absolute atomic E-state index is 13.0. The normalized spacial score (nSPS) is 11.1. The molecule has 0 spiro atoms. The fourth-order valence-corrected chi connectivity index (χ4v) is 5.38. The smallest absolute Gasteiger partial charge is 0.345 e. The second-order valence-corrected chi connectivity index (χ2v) is 11.1. The first-order chi connectivity index (χ1) is 17.5. The van der Waals surface area contributed by atoms with Gasteiger partial charge in [-0.15, -0.1) is 0 Å². The Morgan fingerprint density at radius 1 is 0.541 bits per heavy atom. The molecular formula is C26H14Cl4O6S. The summed E-state index contributed by atoms with van der Waals surface area (Å²) in [5.41, 5.74) is 0.226. The molecule has 0 saturated carbocycles. The highest BCUT2D eigenvalue weighted by atomic mass is 35.5. The molecule has 0 aliphatic carbocycles. The average molecular weight is 596 g/mol. The lowest BCUT2D eigenvalue weighted by Gasteiger charge is -2.09. The summed E-state index contributed by atoms with van der Waals surface area (Å²) in [5, 5.41) is 0.991. The van der Waals surface area contributed by atoms with Crippen molar-refractivity contribution >= 4 is 68.2 Å². The standard InChI is InChI=1S/C26H14Cl4O6S/c27-15-1-11-21(23(29)13-15)25(31)35-17-3-7-19(8-4-17)37(33,34)20-9-5-18(6-10-20)36-26(32)22-12-2-16(28)14-24(22)30/h1-14H. The summed E-state index contributed by atoms with van der Waals surface area (Å²) in [6, 6.07) is 19.3. The van der Waals surface area contributed by atoms with Crippen molar-refractivity contribution in [2.75, 3.05) is 0 Å². The van der Waals surface area contributed by atoms with Crippen molar-refractivity contribution in [1.29, 1.82) is 0 Å². The maximum atomic E-state index is 13.0. The Hall–Kier alpha value is -3.07. The van der Waals surface area contributed by atoms with Crippen molar-refractivity contribution in [3.05, 3.63) is 116 Å². The zero-order valence-electron chi connectivity index (χ0n) is 18.5. The Balaban J connectivity index is 1.46. The minimum Gasteiger partial charge on any atom is -0.423 e. The molecule has 37 heavy (non-hydrogen) atoms. The zero-order valence-corrected chi connectivity index (χ0v) is 22.3. The number of benzene rings is 4. The third-order valence-electron chi connectivity index (χ3n) is 4.99. The van der Waals surface area contributed by atoms with E-state index in [4.69, 9.17) is 55.9 Å². The largest absolute Gasteiger partial charge is 0.423 e. The van der Waals surface area contributed by atoms with Crippen LogP contribution in [0.1, 0.15) is 20.7 Å². The van der Waals surface area contributed by atoms with Crippen LogP contribution in [0.15, 0.2) is 94.7 Å². The van der Waals surface area contributed by atoms with Gasteiger partial charge >= 0.3 is 11.9 Å². The van der Waals surface area contributed by atoms with Gasteiger partial charge in [0, 0.05) is 10.0 Å². The van der Waals surface area contributed by atoms with E-state index < -0.39 is 21.8 Å². The van der Waals surface area contributed by atoms with Gasteiger partial charge < -0.3 is 9.47 Å². The van der Waals surface area contributed by atoms with Gasteiger partial charge in [-0.3, -0.25) is 0 Å². The van der Waals surface area contributed by atoms with Gasteiger partial charge in [0.15, 0.2) is 0 Å². The molecule has 0 N–H and O–H groups in total. The number of carbonyl (C=O) groups excluding carboxylic acids is 2. The molecule has 4 aromatic rings. The fraction of sp³-hybridized carbons (Fsp3) is 0. The van der Waals surface area contributed by atoms with E-state index in [0.717, 1.165) is 0 Å². The quantitative estimate of drug-likeness (QED) is 0.169. The topological polar surface area (TPSA) is 86.7 Å². The average Bonchev–Trinajstić information content (AvgIpc) is 2.84. The number of esters is 2. The van der Waals surface area contributed by atoms with E-state index in [1.807, 2.05) is 0 Å². The van der Waals surface area contributed by atoms with E-state index in [-0.39, 0.29) is 42.5 Å². The van der Waals surface area contributed by atoms with Crippen LogP contribution in [0.2, 0.25) is 20.1 Å². The van der Waals surface area contributed by atoms with Crippen LogP contribution >= 0.6 is 46.4 Å². The van der Waals surface area contributed by atoms with Crippen LogP contribution in [0, 0.1) is 0 Å². The predicted octanol–water partition coefficient (Wildman–Crippen LogP) is 7.57. The summed E-state index contributed by atoms with van der Waals surface area (Å²) in [7, 11) is -3.91. The van der Waals surface area contributed by atoms with Crippen LogP contribution in [0.5, 0.6) is 11.5 Å². The Morgan fingerprint density at radius 2 is 0.892 bits per heavy atom. The summed E-state index contributed by atoms with van der Waals surface area (Å²) >= 11 is 23.7. The number of ether oxygens (including phenoxy) is 2. The molecule has 0 aliphatic heterocycles. The summed E-state index contributed by atoms with van der Waals surface area (Å²) in [6.07, 6.45) is 0. The van der Waals surface area contributed by atoms with Crippen LogP contribution < -0.4 is 9.47 Å².